The molecule has 0 aromatic carbocycles. The lowest BCUT2D eigenvalue weighted by atomic mass is 10.1. The molecule has 0 spiro atoms. The lowest BCUT2D eigenvalue weighted by molar-refractivity contribution is -0.890. The van der Waals surface area contributed by atoms with Gasteiger partial charge in [-0.2, -0.15) is 0 Å². The number of quaternary nitrogens is 1. The lowest BCUT2D eigenvalue weighted by Crippen LogP contribution is -3.00. The first-order chi connectivity index (χ1) is 13.5. The minimum atomic E-state index is -0.654. The van der Waals surface area contributed by atoms with E-state index in [0.29, 0.717) is 6.42 Å². The van der Waals surface area contributed by atoms with Crippen LogP contribution in [0.2, 0.25) is 0 Å². The predicted octanol–water partition coefficient (Wildman–Crippen LogP) is 4.58. The van der Waals surface area contributed by atoms with Gasteiger partial charge in [0, 0.05) is 6.42 Å². The van der Waals surface area contributed by atoms with Crippen molar-refractivity contribution in [3.05, 3.63) is 0 Å². The van der Waals surface area contributed by atoms with Gasteiger partial charge in [-0.1, -0.05) is 90.4 Å². The average molecular weight is 434 g/mol. The van der Waals surface area contributed by atoms with Crippen LogP contribution in [0.3, 0.4) is 0 Å². The molecule has 0 aliphatic carbocycles. The van der Waals surface area contributed by atoms with Crippen molar-refractivity contribution in [2.75, 3.05) is 27.2 Å². The third kappa shape index (κ3) is 25.7. The van der Waals surface area contributed by atoms with E-state index >= 15 is 0 Å². The molecule has 0 rings (SSSR count). The minimum absolute atomic E-state index is 0. The zero-order chi connectivity index (χ0) is 20.9. The normalized spacial score (nSPS) is 11.4. The molecular weight excluding hydrogens is 382 g/mol. The highest BCUT2D eigenvalue weighted by Crippen LogP contribution is 2.14. The van der Waals surface area contributed by atoms with E-state index in [2.05, 4.69) is 21.0 Å². The quantitative estimate of drug-likeness (QED) is 0.200. The summed E-state index contributed by atoms with van der Waals surface area (Å²) in [5.74, 6) is -0.654. The number of halogens is 1. The number of carboxylic acids is 1. The van der Waals surface area contributed by atoms with Crippen molar-refractivity contribution in [1.29, 1.82) is 0 Å². The lowest BCUT2D eigenvalue weighted by Gasteiger charge is -2.30. The van der Waals surface area contributed by atoms with Crippen LogP contribution in [0.15, 0.2) is 0 Å². The molecule has 0 aliphatic rings. The summed E-state index contributed by atoms with van der Waals surface area (Å²) < 4.78 is 1.19. The van der Waals surface area contributed by atoms with Crippen molar-refractivity contribution in [3.63, 3.8) is 0 Å². The second-order valence-electron chi connectivity index (χ2n) is 9.54. The Morgan fingerprint density at radius 3 is 1.24 bits per heavy atom. The molecule has 0 bridgehead atoms. The topological polar surface area (TPSA) is 37.3 Å². The van der Waals surface area contributed by atoms with E-state index < -0.39 is 5.97 Å². The summed E-state index contributed by atoms with van der Waals surface area (Å²) in [6, 6.07) is 0. The Morgan fingerprint density at radius 2 is 0.897 bits per heavy atom. The number of carboxylic acid groups (broad SMARTS) is 1. The van der Waals surface area contributed by atoms with Gasteiger partial charge in [0.15, 0.2) is 0 Å². The standard InChI is InChI=1S/C25H51NO2.ClH/c1-4-5-6-7-8-9-11-14-17-20-23-26(2,3)24-21-18-15-12-10-13-16-19-22-25(27)28;/h4-24H2,1-3H3;1H. The molecule has 1 N–H and O–H groups in total. The van der Waals surface area contributed by atoms with Gasteiger partial charge in [0.1, 0.15) is 0 Å². The molecule has 3 nitrogen and oxygen atoms in total. The number of hydrogen-bond acceptors (Lipinski definition) is 1. The van der Waals surface area contributed by atoms with Crippen LogP contribution in [0.5, 0.6) is 0 Å². The van der Waals surface area contributed by atoms with Crippen molar-refractivity contribution in [2.45, 2.75) is 129 Å². The van der Waals surface area contributed by atoms with Gasteiger partial charge < -0.3 is 22.0 Å². The van der Waals surface area contributed by atoms with Gasteiger partial charge in [-0.05, 0) is 32.1 Å². The van der Waals surface area contributed by atoms with Crippen LogP contribution in [0.1, 0.15) is 129 Å². The van der Waals surface area contributed by atoms with E-state index in [9.17, 15) is 4.79 Å². The molecular formula is C25H52ClNO2. The van der Waals surface area contributed by atoms with Crippen LogP contribution in [0, 0.1) is 0 Å². The Balaban J connectivity index is 0. The van der Waals surface area contributed by atoms with E-state index in [1.165, 1.54) is 120 Å². The molecule has 29 heavy (non-hydrogen) atoms. The van der Waals surface area contributed by atoms with Crippen molar-refractivity contribution >= 4 is 5.97 Å². The van der Waals surface area contributed by atoms with Gasteiger partial charge in [0.25, 0.3) is 0 Å². The molecule has 0 aromatic heterocycles. The first-order valence-corrected chi connectivity index (χ1v) is 12.5. The SMILES string of the molecule is CCCCCCCCCCCC[N+](C)(C)CCCCCCCCCCC(=O)O.[Cl-]. The highest BCUT2D eigenvalue weighted by molar-refractivity contribution is 5.66. The molecule has 0 aliphatic heterocycles. The van der Waals surface area contributed by atoms with Crippen molar-refractivity contribution < 1.29 is 26.8 Å². The average Bonchev–Trinajstić information content (AvgIpc) is 2.64. The summed E-state index contributed by atoms with van der Waals surface area (Å²) in [5, 5.41) is 8.61. The summed E-state index contributed by atoms with van der Waals surface area (Å²) in [4.78, 5) is 10.5. The first kappa shape index (κ1) is 30.9. The zero-order valence-corrected chi connectivity index (χ0v) is 20.8. The number of nitrogens with zero attached hydrogens (tertiary/aromatic N) is 1. The number of aliphatic carboxylic acids is 1. The van der Waals surface area contributed by atoms with Crippen molar-refractivity contribution in [1.82, 2.24) is 0 Å². The molecule has 0 radical (unpaired) electrons. The highest BCUT2D eigenvalue weighted by atomic mass is 35.5. The second kappa shape index (κ2) is 22.4. The molecule has 0 unspecified atom stereocenters. The van der Waals surface area contributed by atoms with Gasteiger partial charge >= 0.3 is 5.97 Å². The van der Waals surface area contributed by atoms with Crippen LogP contribution < -0.4 is 12.4 Å². The van der Waals surface area contributed by atoms with Gasteiger partial charge in [-0.25, -0.2) is 0 Å². The fraction of sp³-hybridized carbons (Fsp3) is 0.960. The Morgan fingerprint density at radius 1 is 0.586 bits per heavy atom. The van der Waals surface area contributed by atoms with Crippen LogP contribution in [-0.2, 0) is 4.79 Å². The number of unbranched alkanes of at least 4 members (excludes halogenated alkanes) is 16. The molecule has 0 atom stereocenters. The summed E-state index contributed by atoms with van der Waals surface area (Å²) in [6.45, 7) is 4.94. The van der Waals surface area contributed by atoms with Gasteiger partial charge in [0.05, 0.1) is 27.2 Å². The Kier molecular flexibility index (Phi) is 23.9. The zero-order valence-electron chi connectivity index (χ0n) is 20.0. The maximum atomic E-state index is 10.5. The van der Waals surface area contributed by atoms with Crippen LogP contribution in [0.4, 0.5) is 0 Å². The molecule has 176 valence electrons. The minimum Gasteiger partial charge on any atom is -1.00 e. The van der Waals surface area contributed by atoms with Crippen LogP contribution in [0.25, 0.3) is 0 Å². The second-order valence-corrected chi connectivity index (χ2v) is 9.54. The summed E-state index contributed by atoms with van der Waals surface area (Å²) in [5.41, 5.74) is 0. The van der Waals surface area contributed by atoms with Gasteiger partial charge in [-0.15, -0.1) is 0 Å². The van der Waals surface area contributed by atoms with Crippen molar-refractivity contribution in [3.8, 4) is 0 Å². The van der Waals surface area contributed by atoms with E-state index in [4.69, 9.17) is 5.11 Å². The monoisotopic (exact) mass is 433 g/mol. The molecule has 0 amide bonds. The fourth-order valence-corrected chi connectivity index (χ4v) is 4.02. The summed E-state index contributed by atoms with van der Waals surface area (Å²) >= 11 is 0. The van der Waals surface area contributed by atoms with E-state index in [1.54, 1.807) is 0 Å². The summed E-state index contributed by atoms with van der Waals surface area (Å²) in [6.07, 6.45) is 24.3. The van der Waals surface area contributed by atoms with E-state index in [-0.39, 0.29) is 12.4 Å². The predicted molar refractivity (Wildman–Crippen MR) is 123 cm³/mol. The number of hydrogen-bond donors (Lipinski definition) is 1. The Bertz CT molecular complexity index is 348. The molecule has 4 heteroatoms. The Labute approximate surface area is 189 Å². The molecule has 0 saturated carbocycles. The molecule has 0 saturated heterocycles. The fourth-order valence-electron chi connectivity index (χ4n) is 4.02. The third-order valence-electron chi connectivity index (χ3n) is 6.02. The highest BCUT2D eigenvalue weighted by Gasteiger charge is 2.13. The van der Waals surface area contributed by atoms with Crippen LogP contribution in [-0.4, -0.2) is 42.7 Å². The first-order valence-electron chi connectivity index (χ1n) is 12.5. The summed E-state index contributed by atoms with van der Waals surface area (Å²) in [7, 11) is 4.80. The third-order valence-corrected chi connectivity index (χ3v) is 6.02. The Hall–Kier alpha value is -0.280. The van der Waals surface area contributed by atoms with Gasteiger partial charge in [-0.3, -0.25) is 4.79 Å². The smallest absolute Gasteiger partial charge is 0.303 e. The van der Waals surface area contributed by atoms with E-state index in [1.807, 2.05) is 0 Å². The van der Waals surface area contributed by atoms with Crippen molar-refractivity contribution in [2.24, 2.45) is 0 Å². The van der Waals surface area contributed by atoms with Crippen LogP contribution >= 0.6 is 0 Å². The molecule has 0 aromatic rings. The molecule has 0 heterocycles. The van der Waals surface area contributed by atoms with Gasteiger partial charge in [0.2, 0.25) is 0 Å². The largest absolute Gasteiger partial charge is 1.00 e. The maximum Gasteiger partial charge on any atom is 0.303 e. The molecule has 0 fully saturated rings. The van der Waals surface area contributed by atoms with E-state index in [0.717, 1.165) is 12.8 Å². The number of carbonyl (C=O) groups is 1. The number of rotatable bonds is 22. The maximum absolute atomic E-state index is 10.5.